The van der Waals surface area contributed by atoms with Crippen molar-refractivity contribution in [1.82, 2.24) is 14.9 Å². The van der Waals surface area contributed by atoms with Gasteiger partial charge in [-0.3, -0.25) is 4.90 Å². The van der Waals surface area contributed by atoms with Gasteiger partial charge in [-0.05, 0) is 31.4 Å². The lowest BCUT2D eigenvalue weighted by Crippen LogP contribution is -2.50. The predicted octanol–water partition coefficient (Wildman–Crippen LogP) is 3.09. The molecule has 0 amide bonds. The summed E-state index contributed by atoms with van der Waals surface area (Å²) in [5.74, 6) is 0.347. The number of aryl methyl sites for hydroxylation is 1. The largest absolute Gasteiger partial charge is 0.493 e. The molecule has 1 unspecified atom stereocenters. The molecule has 32 heavy (non-hydrogen) atoms. The summed E-state index contributed by atoms with van der Waals surface area (Å²) in [5.41, 5.74) is 1.34. The maximum Gasteiger partial charge on any atom is 0.225 e. The molecule has 1 fully saturated rings. The van der Waals surface area contributed by atoms with E-state index >= 15 is 0 Å². The number of hydrogen-bond donors (Lipinski definition) is 0. The average molecular weight is 465 g/mol. The molecular formula is C23H33FN4O3S. The van der Waals surface area contributed by atoms with Crippen molar-refractivity contribution < 1.29 is 17.5 Å². The summed E-state index contributed by atoms with van der Waals surface area (Å²) in [6.45, 7) is 8.40. The molecule has 0 radical (unpaired) electrons. The second-order valence-electron chi connectivity index (χ2n) is 8.47. The van der Waals surface area contributed by atoms with E-state index in [9.17, 15) is 12.8 Å². The first kappa shape index (κ1) is 24.4. The van der Waals surface area contributed by atoms with Gasteiger partial charge < -0.3 is 9.64 Å². The molecule has 0 aliphatic carbocycles. The number of anilines is 1. The fourth-order valence-corrected chi connectivity index (χ4v) is 4.64. The van der Waals surface area contributed by atoms with E-state index in [1.54, 1.807) is 6.07 Å². The second-order valence-corrected chi connectivity index (χ2v) is 10.6. The van der Waals surface area contributed by atoms with Crippen molar-refractivity contribution in [3.05, 3.63) is 47.5 Å². The molecule has 0 bridgehead atoms. The highest BCUT2D eigenvalue weighted by atomic mass is 32.2. The molecule has 1 aliphatic rings. The van der Waals surface area contributed by atoms with Crippen molar-refractivity contribution in [2.45, 2.75) is 44.9 Å². The van der Waals surface area contributed by atoms with Crippen LogP contribution in [0, 0.1) is 5.82 Å². The van der Waals surface area contributed by atoms with Crippen molar-refractivity contribution >= 4 is 15.8 Å². The highest BCUT2D eigenvalue weighted by molar-refractivity contribution is 7.89. The molecule has 3 rings (SSSR count). The van der Waals surface area contributed by atoms with Gasteiger partial charge in [-0.2, -0.15) is 0 Å². The van der Waals surface area contributed by atoms with Gasteiger partial charge >= 0.3 is 0 Å². The van der Waals surface area contributed by atoms with Gasteiger partial charge in [0, 0.05) is 62.5 Å². The van der Waals surface area contributed by atoms with Crippen LogP contribution in [0.1, 0.15) is 37.8 Å². The van der Waals surface area contributed by atoms with Gasteiger partial charge in [-0.15, -0.1) is 0 Å². The summed E-state index contributed by atoms with van der Waals surface area (Å²) >= 11 is 0. The van der Waals surface area contributed by atoms with Crippen molar-refractivity contribution in [3.8, 4) is 5.75 Å². The molecule has 1 aromatic heterocycles. The second kappa shape index (κ2) is 11.0. The number of hydrogen-bond acceptors (Lipinski definition) is 7. The van der Waals surface area contributed by atoms with Crippen LogP contribution in [0.4, 0.5) is 10.3 Å². The number of halogens is 1. The number of nitrogens with zero attached hydrogens (tertiary/aromatic N) is 4. The van der Waals surface area contributed by atoms with E-state index in [-0.39, 0.29) is 11.3 Å². The Balaban J connectivity index is 1.42. The zero-order chi connectivity index (χ0) is 23.1. The zero-order valence-electron chi connectivity index (χ0n) is 19.1. The van der Waals surface area contributed by atoms with Crippen LogP contribution < -0.4 is 9.64 Å². The first-order chi connectivity index (χ1) is 15.2. The highest BCUT2D eigenvalue weighted by Crippen LogP contribution is 2.20. The molecule has 2 aromatic rings. The Hall–Kier alpha value is -2.26. The Bertz CT molecular complexity index is 977. The molecule has 2 heterocycles. The van der Waals surface area contributed by atoms with Gasteiger partial charge in [-0.25, -0.2) is 22.8 Å². The maximum atomic E-state index is 14.1. The number of aromatic nitrogens is 2. The predicted molar refractivity (Wildman–Crippen MR) is 124 cm³/mol. The van der Waals surface area contributed by atoms with Crippen LogP contribution in [-0.2, 0) is 22.0 Å². The molecule has 1 aliphatic heterocycles. The van der Waals surface area contributed by atoms with E-state index in [2.05, 4.69) is 33.6 Å². The van der Waals surface area contributed by atoms with Crippen LogP contribution in [0.5, 0.6) is 5.75 Å². The zero-order valence-corrected chi connectivity index (χ0v) is 19.9. The molecule has 7 nitrogen and oxygen atoms in total. The number of benzene rings is 1. The molecule has 176 valence electrons. The molecule has 0 spiro atoms. The van der Waals surface area contributed by atoms with Crippen molar-refractivity contribution in [2.24, 2.45) is 0 Å². The van der Waals surface area contributed by atoms with Crippen LogP contribution in [0.2, 0.25) is 0 Å². The van der Waals surface area contributed by atoms with Gasteiger partial charge in [-0.1, -0.05) is 19.4 Å². The maximum absolute atomic E-state index is 14.1. The van der Waals surface area contributed by atoms with Crippen LogP contribution in [-0.4, -0.2) is 68.4 Å². The number of sulfone groups is 1. The molecule has 1 saturated heterocycles. The minimum Gasteiger partial charge on any atom is -0.493 e. The first-order valence-electron chi connectivity index (χ1n) is 11.1. The Labute approximate surface area is 190 Å². The third kappa shape index (κ3) is 7.13. The number of piperazine rings is 1. The van der Waals surface area contributed by atoms with Gasteiger partial charge in [0.05, 0.1) is 12.4 Å². The van der Waals surface area contributed by atoms with Crippen LogP contribution in [0.3, 0.4) is 0 Å². The summed E-state index contributed by atoms with van der Waals surface area (Å²) in [4.78, 5) is 13.7. The van der Waals surface area contributed by atoms with Gasteiger partial charge in [0.1, 0.15) is 11.6 Å². The number of rotatable bonds is 10. The van der Waals surface area contributed by atoms with E-state index in [1.807, 2.05) is 12.4 Å². The Morgan fingerprint density at radius 1 is 1.16 bits per heavy atom. The minimum absolute atomic E-state index is 0.162. The van der Waals surface area contributed by atoms with Crippen molar-refractivity contribution in [1.29, 1.82) is 0 Å². The summed E-state index contributed by atoms with van der Waals surface area (Å²) < 4.78 is 42.6. The highest BCUT2D eigenvalue weighted by Gasteiger charge is 2.22. The molecule has 1 atom stereocenters. The van der Waals surface area contributed by atoms with Crippen molar-refractivity contribution in [2.75, 3.05) is 43.9 Å². The van der Waals surface area contributed by atoms with Crippen molar-refractivity contribution in [3.63, 3.8) is 0 Å². The molecule has 0 saturated carbocycles. The topological polar surface area (TPSA) is 75.6 Å². The van der Waals surface area contributed by atoms with E-state index in [0.717, 1.165) is 57.6 Å². The van der Waals surface area contributed by atoms with Gasteiger partial charge in [0.25, 0.3) is 0 Å². The summed E-state index contributed by atoms with van der Waals surface area (Å²) in [6.07, 6.45) is 7.85. The lowest BCUT2D eigenvalue weighted by atomic mass is 10.2. The smallest absolute Gasteiger partial charge is 0.225 e. The quantitative estimate of drug-likeness (QED) is 0.535. The Morgan fingerprint density at radius 2 is 1.84 bits per heavy atom. The SMILES string of the molecule is CCCc1cnc(N2CCN(C(C)CCOc3ccc(CS(C)(=O)=O)c(F)c3)CC2)nc1. The molecular weight excluding hydrogens is 431 g/mol. The standard InChI is InChI=1S/C23H33FN4O3S/c1-4-5-19-15-25-23(26-16-19)28-11-9-27(10-12-28)18(2)8-13-31-21-7-6-20(22(24)14-21)17-32(3,29)30/h6-7,14-16,18H,4-5,8-13,17H2,1-3H3. The van der Waals surface area contributed by atoms with Gasteiger partial charge in [0.15, 0.2) is 9.84 Å². The lowest BCUT2D eigenvalue weighted by Gasteiger charge is -2.38. The van der Waals surface area contributed by atoms with Crippen LogP contribution >= 0.6 is 0 Å². The Kier molecular flexibility index (Phi) is 8.42. The third-order valence-corrected chi connectivity index (χ3v) is 6.53. The number of ether oxygens (including phenoxy) is 1. The van der Waals surface area contributed by atoms with Gasteiger partial charge in [0.2, 0.25) is 5.95 Å². The van der Waals surface area contributed by atoms with E-state index in [4.69, 9.17) is 4.74 Å². The Morgan fingerprint density at radius 3 is 2.44 bits per heavy atom. The molecule has 1 aromatic carbocycles. The van der Waals surface area contributed by atoms with E-state index in [0.29, 0.717) is 18.4 Å². The van der Waals surface area contributed by atoms with Crippen LogP contribution in [0.25, 0.3) is 0 Å². The lowest BCUT2D eigenvalue weighted by molar-refractivity contribution is 0.165. The average Bonchev–Trinajstić information content (AvgIpc) is 2.76. The fraction of sp³-hybridized carbons (Fsp3) is 0.565. The normalized spacial score (nSPS) is 16.2. The van der Waals surface area contributed by atoms with E-state index < -0.39 is 15.7 Å². The molecule has 0 N–H and O–H groups in total. The summed E-state index contributed by atoms with van der Waals surface area (Å²) in [7, 11) is -3.28. The summed E-state index contributed by atoms with van der Waals surface area (Å²) in [5, 5.41) is 0. The van der Waals surface area contributed by atoms with Crippen LogP contribution in [0.15, 0.2) is 30.6 Å². The monoisotopic (exact) mass is 464 g/mol. The summed E-state index contributed by atoms with van der Waals surface area (Å²) in [6, 6.07) is 4.69. The first-order valence-corrected chi connectivity index (χ1v) is 13.2. The third-order valence-electron chi connectivity index (χ3n) is 5.70. The molecule has 9 heteroatoms. The van der Waals surface area contributed by atoms with E-state index in [1.165, 1.54) is 17.7 Å². The minimum atomic E-state index is -3.28. The fourth-order valence-electron chi connectivity index (χ4n) is 3.84.